The molecule has 8 heavy (non-hydrogen) atoms. The van der Waals surface area contributed by atoms with E-state index in [1.165, 1.54) is 25.0 Å². The second kappa shape index (κ2) is 3.86. The Bertz CT molecular complexity index is 95.3. The third-order valence-electron chi connectivity index (χ3n) is 1.19. The van der Waals surface area contributed by atoms with Gasteiger partial charge in [-0.2, -0.15) is 0 Å². The highest BCUT2D eigenvalue weighted by Crippen LogP contribution is 2.08. The molecule has 1 rings (SSSR count). The molecule has 0 unspecified atom stereocenters. The average Bonchev–Trinajstić information content (AvgIpc) is 1.62. The van der Waals surface area contributed by atoms with Crippen molar-refractivity contribution in [3.8, 4) is 11.2 Å². The molecule has 1 heteroatoms. The first-order valence-corrected chi connectivity index (χ1v) is 4.08. The summed E-state index contributed by atoms with van der Waals surface area (Å²) < 4.78 is 0. The van der Waals surface area contributed by atoms with Gasteiger partial charge in [-0.15, -0.1) is 0 Å². The molecule has 0 atom stereocenters. The smallest absolute Gasteiger partial charge is 0.00976 e. The second-order valence-corrected chi connectivity index (χ2v) is 2.84. The summed E-state index contributed by atoms with van der Waals surface area (Å²) in [7, 11) is 0. The molecule has 0 aromatic carbocycles. The van der Waals surface area contributed by atoms with Crippen molar-refractivity contribution in [1.29, 1.82) is 0 Å². The molecule has 0 saturated carbocycles. The fourth-order valence-electron chi connectivity index (χ4n) is 0.717. The number of hydrogen-bond donors (Lipinski definition) is 0. The van der Waals surface area contributed by atoms with Crippen LogP contribution >= 0.6 is 11.8 Å². The summed E-state index contributed by atoms with van der Waals surface area (Å²) in [5.74, 6) is 4.34. The van der Waals surface area contributed by atoms with Gasteiger partial charge in [0.15, 0.2) is 0 Å². The second-order valence-electron chi connectivity index (χ2n) is 1.94. The van der Waals surface area contributed by atoms with Gasteiger partial charge in [0, 0.05) is 12.2 Å². The van der Waals surface area contributed by atoms with Crippen LogP contribution in [0.4, 0.5) is 0 Å². The van der Waals surface area contributed by atoms with Crippen molar-refractivity contribution in [3.05, 3.63) is 0 Å². The van der Waals surface area contributed by atoms with E-state index in [2.05, 4.69) is 11.2 Å². The van der Waals surface area contributed by atoms with Crippen molar-refractivity contribution in [2.75, 3.05) is 5.75 Å². The van der Waals surface area contributed by atoms with Crippen molar-refractivity contribution >= 4 is 11.8 Å². The molecule has 0 aliphatic carbocycles. The predicted octanol–water partition coefficient (Wildman–Crippen LogP) is 2.25. The highest BCUT2D eigenvalue weighted by atomic mass is 32.2. The molecule has 0 aromatic rings. The molecule has 0 aromatic heterocycles. The van der Waals surface area contributed by atoms with Crippen LogP contribution in [0.2, 0.25) is 0 Å². The third kappa shape index (κ3) is 2.28. The van der Waals surface area contributed by atoms with Gasteiger partial charge in [0.1, 0.15) is 0 Å². The Kier molecular flexibility index (Phi) is 2.91. The largest absolute Gasteiger partial charge is 0.0913 e. The van der Waals surface area contributed by atoms with Crippen LogP contribution in [0.15, 0.2) is 0 Å². The van der Waals surface area contributed by atoms with E-state index in [1.807, 2.05) is 0 Å². The molecule has 0 radical (unpaired) electrons. The molecular formula is C7H10S. The Balaban J connectivity index is 2.24. The van der Waals surface area contributed by atoms with Gasteiger partial charge in [-0.05, 0) is 18.1 Å². The van der Waals surface area contributed by atoms with E-state index in [9.17, 15) is 0 Å². The summed E-state index contributed by atoms with van der Waals surface area (Å²) in [6.07, 6.45) is 5.17. The Hall–Kier alpha value is -0.0900. The Morgan fingerprint density at radius 2 is 2.12 bits per heavy atom. The fourth-order valence-corrected chi connectivity index (χ4v) is 1.37. The van der Waals surface area contributed by atoms with E-state index in [-0.39, 0.29) is 0 Å². The van der Waals surface area contributed by atoms with Crippen molar-refractivity contribution in [2.24, 2.45) is 0 Å². The molecule has 44 valence electrons. The van der Waals surface area contributed by atoms with Crippen LogP contribution in [0, 0.1) is 11.2 Å². The first-order valence-electron chi connectivity index (χ1n) is 3.10. The van der Waals surface area contributed by atoms with Gasteiger partial charge < -0.3 is 0 Å². The maximum absolute atomic E-state index is 3.10. The molecule has 0 saturated heterocycles. The standard InChI is InChI=1S/C7H10S/c1-2-4-6-8-7-5-3-1/h1-4,6H2. The molecule has 1 aliphatic rings. The zero-order valence-corrected chi connectivity index (χ0v) is 5.76. The number of hydrogen-bond acceptors (Lipinski definition) is 1. The quantitative estimate of drug-likeness (QED) is 0.449. The molecular weight excluding hydrogens is 116 g/mol. The van der Waals surface area contributed by atoms with E-state index in [0.717, 1.165) is 6.42 Å². The highest BCUT2D eigenvalue weighted by molar-refractivity contribution is 8.03. The maximum atomic E-state index is 3.10. The number of thioether (sulfide) groups is 1. The summed E-state index contributed by atoms with van der Waals surface area (Å²) in [5.41, 5.74) is 0. The predicted molar refractivity (Wildman–Crippen MR) is 38.7 cm³/mol. The third-order valence-corrected chi connectivity index (χ3v) is 1.97. The van der Waals surface area contributed by atoms with Crippen LogP contribution in [0.5, 0.6) is 0 Å². The van der Waals surface area contributed by atoms with Crippen molar-refractivity contribution in [2.45, 2.75) is 25.7 Å². The van der Waals surface area contributed by atoms with Crippen LogP contribution in [-0.2, 0) is 0 Å². The molecule has 1 aliphatic heterocycles. The Labute approximate surface area is 55.0 Å². The fraction of sp³-hybridized carbons (Fsp3) is 0.714. The van der Waals surface area contributed by atoms with Crippen LogP contribution in [0.3, 0.4) is 0 Å². The zero-order chi connectivity index (χ0) is 5.66. The summed E-state index contributed by atoms with van der Waals surface area (Å²) in [4.78, 5) is 0. The molecule has 0 spiro atoms. The molecule has 0 N–H and O–H groups in total. The van der Waals surface area contributed by atoms with Crippen LogP contribution in [0.25, 0.3) is 0 Å². The zero-order valence-electron chi connectivity index (χ0n) is 4.94. The average molecular weight is 126 g/mol. The lowest BCUT2D eigenvalue weighted by Gasteiger charge is -1.96. The van der Waals surface area contributed by atoms with E-state index < -0.39 is 0 Å². The van der Waals surface area contributed by atoms with Crippen molar-refractivity contribution < 1.29 is 0 Å². The summed E-state index contributed by atoms with van der Waals surface area (Å²) in [6, 6.07) is 0. The molecule has 0 nitrogen and oxygen atoms in total. The minimum atomic E-state index is 1.12. The van der Waals surface area contributed by atoms with Crippen molar-refractivity contribution in [3.63, 3.8) is 0 Å². The van der Waals surface area contributed by atoms with Gasteiger partial charge >= 0.3 is 0 Å². The van der Waals surface area contributed by atoms with Crippen LogP contribution < -0.4 is 0 Å². The maximum Gasteiger partial charge on any atom is 0.00976 e. The molecule has 1 heterocycles. The number of rotatable bonds is 0. The molecule has 0 bridgehead atoms. The summed E-state index contributed by atoms with van der Waals surface area (Å²) in [5, 5.41) is 3.05. The monoisotopic (exact) mass is 126 g/mol. The molecule has 0 fully saturated rings. The van der Waals surface area contributed by atoms with Gasteiger partial charge in [-0.25, -0.2) is 0 Å². The lowest BCUT2D eigenvalue weighted by atomic mass is 10.2. The van der Waals surface area contributed by atoms with E-state index in [0.29, 0.717) is 0 Å². The normalized spacial score (nSPS) is 20.0. The van der Waals surface area contributed by atoms with Gasteiger partial charge in [0.2, 0.25) is 0 Å². The van der Waals surface area contributed by atoms with E-state index >= 15 is 0 Å². The van der Waals surface area contributed by atoms with Gasteiger partial charge in [-0.1, -0.05) is 24.1 Å². The Morgan fingerprint density at radius 1 is 1.12 bits per heavy atom. The van der Waals surface area contributed by atoms with Gasteiger partial charge in [0.25, 0.3) is 0 Å². The van der Waals surface area contributed by atoms with Crippen LogP contribution in [0.1, 0.15) is 25.7 Å². The Morgan fingerprint density at radius 3 is 3.12 bits per heavy atom. The summed E-state index contributed by atoms with van der Waals surface area (Å²) >= 11 is 1.77. The van der Waals surface area contributed by atoms with Crippen molar-refractivity contribution in [1.82, 2.24) is 0 Å². The minimum absolute atomic E-state index is 1.12. The van der Waals surface area contributed by atoms with E-state index in [1.54, 1.807) is 11.8 Å². The highest BCUT2D eigenvalue weighted by Gasteiger charge is 1.89. The topological polar surface area (TPSA) is 0 Å². The SMILES string of the molecule is C1#CSCCCCC1. The lowest BCUT2D eigenvalue weighted by Crippen LogP contribution is -1.81. The van der Waals surface area contributed by atoms with Gasteiger partial charge in [-0.3, -0.25) is 0 Å². The summed E-state index contributed by atoms with van der Waals surface area (Å²) in [6.45, 7) is 0. The first-order chi connectivity index (χ1) is 4.00. The lowest BCUT2D eigenvalue weighted by molar-refractivity contribution is 0.742. The first kappa shape index (κ1) is 6.04. The molecule has 0 amide bonds. The van der Waals surface area contributed by atoms with E-state index in [4.69, 9.17) is 0 Å². The van der Waals surface area contributed by atoms with Crippen LogP contribution in [-0.4, -0.2) is 5.75 Å². The van der Waals surface area contributed by atoms with Gasteiger partial charge in [0.05, 0.1) is 0 Å². The minimum Gasteiger partial charge on any atom is -0.0913 e.